The van der Waals surface area contributed by atoms with Gasteiger partial charge in [-0.3, -0.25) is 10.1 Å². The van der Waals surface area contributed by atoms with Gasteiger partial charge in [0.2, 0.25) is 0 Å². The van der Waals surface area contributed by atoms with Crippen molar-refractivity contribution in [3.05, 3.63) is 63.5 Å². The van der Waals surface area contributed by atoms with Crippen molar-refractivity contribution >= 4 is 17.1 Å². The summed E-state index contributed by atoms with van der Waals surface area (Å²) in [5, 5.41) is 13.7. The summed E-state index contributed by atoms with van der Waals surface area (Å²) in [5.74, 6) is -0.638. The van der Waals surface area contributed by atoms with Crippen LogP contribution >= 0.6 is 0 Å². The Labute approximate surface area is 110 Å². The van der Waals surface area contributed by atoms with Crippen LogP contribution in [0, 0.1) is 29.8 Å². The van der Waals surface area contributed by atoms with Crippen LogP contribution in [0.15, 0.2) is 36.4 Å². The lowest BCUT2D eigenvalue weighted by atomic mass is 10.1. The molecular formula is C14H13FN2O2. The molecule has 0 amide bonds. The molecule has 0 aliphatic heterocycles. The topological polar surface area (TPSA) is 55.2 Å². The van der Waals surface area contributed by atoms with Crippen molar-refractivity contribution in [1.82, 2.24) is 0 Å². The predicted octanol–water partition coefficient (Wildman–Crippen LogP) is 4.09. The molecule has 0 spiro atoms. The van der Waals surface area contributed by atoms with Crippen LogP contribution in [0.2, 0.25) is 0 Å². The molecule has 0 atom stereocenters. The molecule has 0 radical (unpaired) electrons. The van der Waals surface area contributed by atoms with E-state index >= 15 is 0 Å². The molecule has 0 saturated carbocycles. The number of nitro groups is 1. The summed E-state index contributed by atoms with van der Waals surface area (Å²) in [7, 11) is 0. The highest BCUT2D eigenvalue weighted by Gasteiger charge is 2.10. The summed E-state index contributed by atoms with van der Waals surface area (Å²) >= 11 is 0. The molecule has 0 unspecified atom stereocenters. The van der Waals surface area contributed by atoms with Crippen LogP contribution in [0.4, 0.5) is 21.5 Å². The van der Waals surface area contributed by atoms with Gasteiger partial charge in [-0.25, -0.2) is 4.39 Å². The minimum absolute atomic E-state index is 0.271. The fraction of sp³-hybridized carbons (Fsp3) is 0.143. The zero-order valence-electron chi connectivity index (χ0n) is 10.6. The Kier molecular flexibility index (Phi) is 3.46. The van der Waals surface area contributed by atoms with Gasteiger partial charge in [0.25, 0.3) is 5.69 Å². The molecule has 0 fully saturated rings. The van der Waals surface area contributed by atoms with Crippen LogP contribution < -0.4 is 5.32 Å². The second-order valence-electron chi connectivity index (χ2n) is 4.46. The second-order valence-corrected chi connectivity index (χ2v) is 4.46. The Morgan fingerprint density at radius 2 is 1.58 bits per heavy atom. The number of nitrogens with one attached hydrogen (secondary N) is 1. The van der Waals surface area contributed by atoms with E-state index < -0.39 is 10.7 Å². The van der Waals surface area contributed by atoms with Crippen molar-refractivity contribution < 1.29 is 9.31 Å². The molecule has 0 bridgehead atoms. The number of halogens is 1. The summed E-state index contributed by atoms with van der Waals surface area (Å²) in [4.78, 5) is 10.1. The van der Waals surface area contributed by atoms with Gasteiger partial charge in [0, 0.05) is 17.4 Å². The lowest BCUT2D eigenvalue weighted by molar-refractivity contribution is -0.385. The Bertz CT molecular complexity index is 621. The third-order valence-electron chi connectivity index (χ3n) is 2.60. The van der Waals surface area contributed by atoms with Gasteiger partial charge in [-0.1, -0.05) is 6.07 Å². The molecule has 2 rings (SSSR count). The minimum atomic E-state index is -0.638. The number of aryl methyl sites for hydroxylation is 2. The Hall–Kier alpha value is -2.43. The number of anilines is 2. The number of nitro benzene ring substituents is 1. The van der Waals surface area contributed by atoms with Crippen molar-refractivity contribution in [2.24, 2.45) is 0 Å². The molecule has 2 aromatic carbocycles. The van der Waals surface area contributed by atoms with E-state index in [0.717, 1.165) is 22.9 Å². The van der Waals surface area contributed by atoms with E-state index in [4.69, 9.17) is 0 Å². The van der Waals surface area contributed by atoms with Gasteiger partial charge in [0.1, 0.15) is 5.82 Å². The van der Waals surface area contributed by atoms with E-state index in [-0.39, 0.29) is 5.69 Å². The third-order valence-corrected chi connectivity index (χ3v) is 2.60. The van der Waals surface area contributed by atoms with Crippen LogP contribution in [0.5, 0.6) is 0 Å². The molecule has 2 aromatic rings. The molecule has 0 saturated heterocycles. The fourth-order valence-electron chi connectivity index (χ4n) is 1.97. The minimum Gasteiger partial charge on any atom is -0.355 e. The maximum absolute atomic E-state index is 13.3. The highest BCUT2D eigenvalue weighted by Crippen LogP contribution is 2.24. The van der Waals surface area contributed by atoms with Gasteiger partial charge < -0.3 is 5.32 Å². The zero-order chi connectivity index (χ0) is 14.0. The summed E-state index contributed by atoms with van der Waals surface area (Å²) in [6.45, 7) is 3.90. The third kappa shape index (κ3) is 3.28. The second kappa shape index (κ2) is 5.06. The van der Waals surface area contributed by atoms with Crippen LogP contribution in [0.3, 0.4) is 0 Å². The van der Waals surface area contributed by atoms with Crippen molar-refractivity contribution in [1.29, 1.82) is 0 Å². The van der Waals surface area contributed by atoms with E-state index in [9.17, 15) is 14.5 Å². The zero-order valence-corrected chi connectivity index (χ0v) is 10.6. The van der Waals surface area contributed by atoms with E-state index in [1.54, 1.807) is 0 Å². The average molecular weight is 260 g/mol. The first-order chi connectivity index (χ1) is 8.94. The average Bonchev–Trinajstić information content (AvgIpc) is 2.26. The van der Waals surface area contributed by atoms with E-state index in [0.29, 0.717) is 5.69 Å². The molecular weight excluding hydrogens is 247 g/mol. The van der Waals surface area contributed by atoms with E-state index in [1.165, 1.54) is 12.1 Å². The maximum atomic E-state index is 13.3. The maximum Gasteiger partial charge on any atom is 0.274 e. The Morgan fingerprint density at radius 3 is 2.16 bits per heavy atom. The Balaban J connectivity index is 2.35. The summed E-state index contributed by atoms with van der Waals surface area (Å²) in [6, 6.07) is 9.23. The SMILES string of the molecule is Cc1cc(C)cc(Nc2cc(F)cc([N+](=O)[O-])c2)c1. The Morgan fingerprint density at radius 1 is 1.00 bits per heavy atom. The van der Waals surface area contributed by atoms with E-state index in [1.807, 2.05) is 32.0 Å². The first kappa shape index (κ1) is 13.0. The molecule has 0 aliphatic carbocycles. The van der Waals surface area contributed by atoms with Crippen LogP contribution in [-0.2, 0) is 0 Å². The molecule has 1 N–H and O–H groups in total. The summed E-state index contributed by atoms with van der Waals surface area (Å²) in [6.07, 6.45) is 0. The van der Waals surface area contributed by atoms with Crippen molar-refractivity contribution in [2.45, 2.75) is 13.8 Å². The largest absolute Gasteiger partial charge is 0.355 e. The van der Waals surface area contributed by atoms with Gasteiger partial charge in [0.05, 0.1) is 11.0 Å². The van der Waals surface area contributed by atoms with Gasteiger partial charge in [-0.15, -0.1) is 0 Å². The lowest BCUT2D eigenvalue weighted by Crippen LogP contribution is -1.95. The van der Waals surface area contributed by atoms with Crippen LogP contribution in [0.1, 0.15) is 11.1 Å². The molecule has 4 nitrogen and oxygen atoms in total. The van der Waals surface area contributed by atoms with Crippen molar-refractivity contribution in [3.8, 4) is 0 Å². The first-order valence-electron chi connectivity index (χ1n) is 5.74. The lowest BCUT2D eigenvalue weighted by Gasteiger charge is -2.08. The molecule has 0 aliphatic rings. The van der Waals surface area contributed by atoms with Crippen molar-refractivity contribution in [3.63, 3.8) is 0 Å². The standard InChI is InChI=1S/C14H13FN2O2/c1-9-3-10(2)5-12(4-9)16-13-6-11(15)7-14(8-13)17(18)19/h3-8,16H,1-2H3. The highest BCUT2D eigenvalue weighted by atomic mass is 19.1. The summed E-state index contributed by atoms with van der Waals surface area (Å²) in [5.41, 5.74) is 2.99. The summed E-state index contributed by atoms with van der Waals surface area (Å²) < 4.78 is 13.3. The molecule has 0 heterocycles. The first-order valence-corrected chi connectivity index (χ1v) is 5.74. The fourth-order valence-corrected chi connectivity index (χ4v) is 1.97. The normalized spacial score (nSPS) is 10.3. The van der Waals surface area contributed by atoms with Crippen molar-refractivity contribution in [2.75, 3.05) is 5.32 Å². The predicted molar refractivity (Wildman–Crippen MR) is 72.3 cm³/mol. The van der Waals surface area contributed by atoms with E-state index in [2.05, 4.69) is 5.32 Å². The number of nitrogens with zero attached hydrogens (tertiary/aromatic N) is 1. The molecule has 98 valence electrons. The number of hydrogen-bond acceptors (Lipinski definition) is 3. The van der Waals surface area contributed by atoms with Crippen LogP contribution in [0.25, 0.3) is 0 Å². The van der Waals surface area contributed by atoms with Gasteiger partial charge >= 0.3 is 0 Å². The van der Waals surface area contributed by atoms with Gasteiger partial charge in [-0.05, 0) is 43.2 Å². The van der Waals surface area contributed by atoms with Gasteiger partial charge in [-0.2, -0.15) is 0 Å². The quantitative estimate of drug-likeness (QED) is 0.667. The van der Waals surface area contributed by atoms with Crippen LogP contribution in [-0.4, -0.2) is 4.92 Å². The number of non-ortho nitro benzene ring substituents is 1. The molecule has 0 aromatic heterocycles. The number of hydrogen-bond donors (Lipinski definition) is 1. The number of benzene rings is 2. The highest BCUT2D eigenvalue weighted by molar-refractivity contribution is 5.63. The number of rotatable bonds is 3. The monoisotopic (exact) mass is 260 g/mol. The molecule has 5 heteroatoms. The van der Waals surface area contributed by atoms with Gasteiger partial charge in [0.15, 0.2) is 0 Å². The smallest absolute Gasteiger partial charge is 0.274 e. The molecule has 19 heavy (non-hydrogen) atoms.